The number of halogens is 1. The zero-order valence-electron chi connectivity index (χ0n) is 8.41. The second-order valence-electron chi connectivity index (χ2n) is 4.26. The summed E-state index contributed by atoms with van der Waals surface area (Å²) in [6.45, 7) is 1.86. The summed E-state index contributed by atoms with van der Waals surface area (Å²) < 4.78 is 3.55. The maximum atomic E-state index is 5.72. The molecule has 2 nitrogen and oxygen atoms in total. The molecule has 2 aromatic rings. The molecule has 0 fully saturated rings. The summed E-state index contributed by atoms with van der Waals surface area (Å²) in [5.41, 5.74) is 8.48. The van der Waals surface area contributed by atoms with Gasteiger partial charge in [0.2, 0.25) is 0 Å². The summed E-state index contributed by atoms with van der Waals surface area (Å²) >= 11 is 3.52. The number of hydrogen-bond acceptors (Lipinski definition) is 1. The average Bonchev–Trinajstić information content (AvgIpc) is 2.75. The predicted octanol–water partition coefficient (Wildman–Crippen LogP) is 2.53. The molecule has 1 unspecified atom stereocenters. The Morgan fingerprint density at radius 1 is 1.40 bits per heavy atom. The van der Waals surface area contributed by atoms with Gasteiger partial charge in [0.05, 0.1) is 0 Å². The van der Waals surface area contributed by atoms with Crippen molar-refractivity contribution in [2.24, 2.45) is 11.7 Å². The summed E-state index contributed by atoms with van der Waals surface area (Å²) in [6, 6.07) is 8.75. The molecule has 2 heterocycles. The summed E-state index contributed by atoms with van der Waals surface area (Å²) in [6.07, 6.45) is 1.13. The quantitative estimate of drug-likeness (QED) is 0.844. The number of aromatic nitrogens is 1. The van der Waals surface area contributed by atoms with Crippen molar-refractivity contribution in [3.05, 3.63) is 34.4 Å². The van der Waals surface area contributed by atoms with Crippen LogP contribution in [0.25, 0.3) is 10.9 Å². The molecule has 78 valence electrons. The molecule has 1 aromatic heterocycles. The Bertz CT molecular complexity index is 516. The molecular formula is C12H13BrN2. The minimum Gasteiger partial charge on any atom is -0.344 e. The van der Waals surface area contributed by atoms with Crippen molar-refractivity contribution in [2.75, 3.05) is 6.54 Å². The fourth-order valence-corrected chi connectivity index (χ4v) is 2.79. The molecule has 3 heteroatoms. The van der Waals surface area contributed by atoms with Crippen LogP contribution in [0.15, 0.2) is 28.7 Å². The van der Waals surface area contributed by atoms with Gasteiger partial charge in [0.1, 0.15) is 0 Å². The molecule has 0 aliphatic carbocycles. The first-order valence-electron chi connectivity index (χ1n) is 5.25. The van der Waals surface area contributed by atoms with Crippen molar-refractivity contribution in [1.82, 2.24) is 4.57 Å². The third-order valence-electron chi connectivity index (χ3n) is 3.22. The van der Waals surface area contributed by atoms with Crippen LogP contribution in [-0.2, 0) is 13.0 Å². The van der Waals surface area contributed by atoms with Gasteiger partial charge in [-0.1, -0.05) is 22.0 Å². The minimum absolute atomic E-state index is 0.628. The molecule has 0 radical (unpaired) electrons. The van der Waals surface area contributed by atoms with Crippen molar-refractivity contribution < 1.29 is 0 Å². The van der Waals surface area contributed by atoms with E-state index < -0.39 is 0 Å². The molecule has 1 aliphatic rings. The summed E-state index contributed by atoms with van der Waals surface area (Å²) in [5, 5.41) is 1.34. The monoisotopic (exact) mass is 264 g/mol. The summed E-state index contributed by atoms with van der Waals surface area (Å²) in [5.74, 6) is 0.628. The van der Waals surface area contributed by atoms with Crippen molar-refractivity contribution in [3.8, 4) is 0 Å². The van der Waals surface area contributed by atoms with Gasteiger partial charge in [-0.15, -0.1) is 0 Å². The van der Waals surface area contributed by atoms with E-state index in [1.807, 2.05) is 0 Å². The number of rotatable bonds is 1. The molecule has 0 saturated carbocycles. The standard InChI is InChI=1S/C12H13BrN2/c13-10-2-1-9-4-11-3-8(6-14)7-15(11)12(9)5-10/h1-2,4-5,8H,3,6-7,14H2. The fourth-order valence-electron chi connectivity index (χ4n) is 2.45. The highest BCUT2D eigenvalue weighted by Crippen LogP contribution is 2.30. The van der Waals surface area contributed by atoms with Gasteiger partial charge in [0.25, 0.3) is 0 Å². The lowest BCUT2D eigenvalue weighted by atomic mass is 10.1. The number of fused-ring (bicyclic) bond motifs is 3. The Labute approximate surface area is 97.2 Å². The summed E-state index contributed by atoms with van der Waals surface area (Å²) in [7, 11) is 0. The van der Waals surface area contributed by atoms with Crippen LogP contribution in [0.1, 0.15) is 5.69 Å². The van der Waals surface area contributed by atoms with Gasteiger partial charge in [-0.3, -0.25) is 0 Å². The first kappa shape index (κ1) is 9.43. The topological polar surface area (TPSA) is 30.9 Å². The van der Waals surface area contributed by atoms with Crippen molar-refractivity contribution in [1.29, 1.82) is 0 Å². The zero-order chi connectivity index (χ0) is 10.4. The van der Waals surface area contributed by atoms with E-state index in [1.54, 1.807) is 0 Å². The SMILES string of the molecule is NCC1Cc2cc3ccc(Br)cc3n2C1. The van der Waals surface area contributed by atoms with Crippen LogP contribution in [-0.4, -0.2) is 11.1 Å². The molecule has 0 bridgehead atoms. The van der Waals surface area contributed by atoms with Crippen LogP contribution < -0.4 is 5.73 Å². The number of nitrogens with zero attached hydrogens (tertiary/aromatic N) is 1. The highest BCUT2D eigenvalue weighted by molar-refractivity contribution is 9.10. The Morgan fingerprint density at radius 3 is 3.07 bits per heavy atom. The lowest BCUT2D eigenvalue weighted by Crippen LogP contribution is -2.15. The molecule has 3 rings (SSSR count). The first-order chi connectivity index (χ1) is 7.28. The normalized spacial score (nSPS) is 19.7. The van der Waals surface area contributed by atoms with Gasteiger partial charge in [-0.05, 0) is 42.5 Å². The smallest absolute Gasteiger partial charge is 0.0493 e. The molecular weight excluding hydrogens is 252 g/mol. The van der Waals surface area contributed by atoms with E-state index in [2.05, 4.69) is 44.8 Å². The van der Waals surface area contributed by atoms with Crippen LogP contribution in [0.2, 0.25) is 0 Å². The van der Waals surface area contributed by atoms with Crippen molar-refractivity contribution in [3.63, 3.8) is 0 Å². The van der Waals surface area contributed by atoms with Gasteiger partial charge >= 0.3 is 0 Å². The second-order valence-corrected chi connectivity index (χ2v) is 5.17. The number of nitrogens with two attached hydrogens (primary N) is 1. The predicted molar refractivity (Wildman–Crippen MR) is 65.9 cm³/mol. The molecule has 0 saturated heterocycles. The van der Waals surface area contributed by atoms with Crippen LogP contribution in [0.5, 0.6) is 0 Å². The van der Waals surface area contributed by atoms with Gasteiger partial charge in [-0.2, -0.15) is 0 Å². The Hall–Kier alpha value is -0.800. The van der Waals surface area contributed by atoms with Crippen LogP contribution in [0.4, 0.5) is 0 Å². The van der Waals surface area contributed by atoms with E-state index in [1.165, 1.54) is 16.6 Å². The van der Waals surface area contributed by atoms with E-state index >= 15 is 0 Å². The highest BCUT2D eigenvalue weighted by atomic mass is 79.9. The van der Waals surface area contributed by atoms with Crippen LogP contribution >= 0.6 is 15.9 Å². The Morgan fingerprint density at radius 2 is 2.27 bits per heavy atom. The lowest BCUT2D eigenvalue weighted by molar-refractivity contribution is 0.530. The van der Waals surface area contributed by atoms with Crippen molar-refractivity contribution in [2.45, 2.75) is 13.0 Å². The van der Waals surface area contributed by atoms with Crippen molar-refractivity contribution >= 4 is 26.8 Å². The molecule has 15 heavy (non-hydrogen) atoms. The third-order valence-corrected chi connectivity index (χ3v) is 3.72. The van der Waals surface area contributed by atoms with Crippen LogP contribution in [0, 0.1) is 5.92 Å². The number of hydrogen-bond donors (Lipinski definition) is 1. The molecule has 0 spiro atoms. The Kier molecular flexibility index (Phi) is 2.11. The minimum atomic E-state index is 0.628. The highest BCUT2D eigenvalue weighted by Gasteiger charge is 2.22. The number of benzene rings is 1. The third kappa shape index (κ3) is 1.42. The molecule has 2 N–H and O–H groups in total. The van der Waals surface area contributed by atoms with Gasteiger partial charge < -0.3 is 10.3 Å². The van der Waals surface area contributed by atoms with E-state index in [-0.39, 0.29) is 0 Å². The second kappa shape index (κ2) is 3.35. The maximum Gasteiger partial charge on any atom is 0.0493 e. The summed E-state index contributed by atoms with van der Waals surface area (Å²) in [4.78, 5) is 0. The fraction of sp³-hybridized carbons (Fsp3) is 0.333. The van der Waals surface area contributed by atoms with Gasteiger partial charge in [0.15, 0.2) is 0 Å². The van der Waals surface area contributed by atoms with E-state index in [9.17, 15) is 0 Å². The average molecular weight is 265 g/mol. The van der Waals surface area contributed by atoms with Gasteiger partial charge in [0, 0.05) is 22.2 Å². The molecule has 1 aromatic carbocycles. The zero-order valence-corrected chi connectivity index (χ0v) is 10.00. The Balaban J connectivity index is 2.17. The van der Waals surface area contributed by atoms with E-state index in [0.717, 1.165) is 24.0 Å². The molecule has 1 aliphatic heterocycles. The van der Waals surface area contributed by atoms with E-state index in [0.29, 0.717) is 5.92 Å². The van der Waals surface area contributed by atoms with Crippen LogP contribution in [0.3, 0.4) is 0 Å². The molecule has 0 amide bonds. The van der Waals surface area contributed by atoms with E-state index in [4.69, 9.17) is 5.73 Å². The molecule has 1 atom stereocenters. The lowest BCUT2D eigenvalue weighted by Gasteiger charge is -2.05. The first-order valence-corrected chi connectivity index (χ1v) is 6.05. The van der Waals surface area contributed by atoms with Gasteiger partial charge in [-0.25, -0.2) is 0 Å². The largest absolute Gasteiger partial charge is 0.344 e. The maximum absolute atomic E-state index is 5.72.